The lowest BCUT2D eigenvalue weighted by Crippen LogP contribution is -2.31. The molecule has 2 aromatic carbocycles. The number of carbonyl (C=O) groups excluding carboxylic acids is 1. The van der Waals surface area contributed by atoms with Gasteiger partial charge in [-0.3, -0.25) is 4.79 Å². The van der Waals surface area contributed by atoms with E-state index in [0.29, 0.717) is 17.2 Å². The van der Waals surface area contributed by atoms with Gasteiger partial charge in [-0.25, -0.2) is 17.9 Å². The maximum Gasteiger partial charge on any atom is 0.239 e. The molecule has 5 nitrogen and oxygen atoms in total. The highest BCUT2D eigenvalue weighted by molar-refractivity contribution is 5.91. The van der Waals surface area contributed by atoms with Crippen molar-refractivity contribution in [3.8, 4) is 5.69 Å². The molecule has 1 atom stereocenters. The Morgan fingerprint density at radius 3 is 2.43 bits per heavy atom. The lowest BCUT2D eigenvalue weighted by molar-refractivity contribution is -0.115. The second-order valence-corrected chi connectivity index (χ2v) is 6.38. The van der Waals surface area contributed by atoms with E-state index >= 15 is 0 Å². The standard InChI is InChI=1S/C20H19F3N4O/c1-12-9-19(27(26-12)16-6-3-14(21)4-7-16)25-20(28)11-24-13(2)17-8-5-15(22)10-18(17)23/h3-10,13,24H,11H2,1-2H3,(H,25,28). The monoisotopic (exact) mass is 388 g/mol. The fraction of sp³-hybridized carbons (Fsp3) is 0.200. The van der Waals surface area contributed by atoms with Gasteiger partial charge >= 0.3 is 0 Å². The summed E-state index contributed by atoms with van der Waals surface area (Å²) in [4.78, 5) is 12.3. The maximum absolute atomic E-state index is 13.8. The molecule has 0 spiro atoms. The first-order valence-electron chi connectivity index (χ1n) is 8.64. The zero-order valence-corrected chi connectivity index (χ0v) is 15.3. The average molecular weight is 388 g/mol. The second-order valence-electron chi connectivity index (χ2n) is 6.38. The minimum absolute atomic E-state index is 0.0916. The van der Waals surface area contributed by atoms with Crippen LogP contribution in [0.3, 0.4) is 0 Å². The largest absolute Gasteiger partial charge is 0.309 e. The molecule has 28 heavy (non-hydrogen) atoms. The molecular formula is C20H19F3N4O. The van der Waals surface area contributed by atoms with E-state index in [1.807, 2.05) is 0 Å². The van der Waals surface area contributed by atoms with E-state index in [1.54, 1.807) is 32.0 Å². The maximum atomic E-state index is 13.8. The summed E-state index contributed by atoms with van der Waals surface area (Å²) < 4.78 is 41.5. The molecule has 0 bridgehead atoms. The van der Waals surface area contributed by atoms with E-state index < -0.39 is 17.7 Å². The molecule has 3 rings (SSSR count). The molecule has 0 aliphatic carbocycles. The Hall–Kier alpha value is -3.13. The van der Waals surface area contributed by atoms with Gasteiger partial charge in [0.05, 0.1) is 17.9 Å². The molecule has 2 N–H and O–H groups in total. The number of anilines is 1. The van der Waals surface area contributed by atoms with Gasteiger partial charge in [0.2, 0.25) is 5.91 Å². The molecule has 3 aromatic rings. The molecular weight excluding hydrogens is 369 g/mol. The van der Waals surface area contributed by atoms with Crippen LogP contribution >= 0.6 is 0 Å². The number of nitrogens with zero attached hydrogens (tertiary/aromatic N) is 2. The van der Waals surface area contributed by atoms with Crippen molar-refractivity contribution in [1.82, 2.24) is 15.1 Å². The van der Waals surface area contributed by atoms with Crippen molar-refractivity contribution in [3.63, 3.8) is 0 Å². The highest BCUT2D eigenvalue weighted by Crippen LogP contribution is 2.19. The molecule has 8 heteroatoms. The van der Waals surface area contributed by atoms with Crippen LogP contribution in [-0.4, -0.2) is 22.2 Å². The Bertz CT molecular complexity index is 986. The molecule has 1 heterocycles. The Labute approximate surface area is 160 Å². The topological polar surface area (TPSA) is 59.0 Å². The number of aryl methyl sites for hydroxylation is 1. The highest BCUT2D eigenvalue weighted by Gasteiger charge is 2.15. The van der Waals surface area contributed by atoms with Crippen LogP contribution in [0.4, 0.5) is 19.0 Å². The van der Waals surface area contributed by atoms with Crippen LogP contribution < -0.4 is 10.6 Å². The molecule has 0 saturated carbocycles. The summed E-state index contributed by atoms with van der Waals surface area (Å²) in [7, 11) is 0. The van der Waals surface area contributed by atoms with Crippen molar-refractivity contribution in [3.05, 3.63) is 77.2 Å². The van der Waals surface area contributed by atoms with Gasteiger partial charge < -0.3 is 10.6 Å². The minimum atomic E-state index is -0.676. The van der Waals surface area contributed by atoms with Crippen molar-refractivity contribution in [2.75, 3.05) is 11.9 Å². The van der Waals surface area contributed by atoms with Gasteiger partial charge in [0, 0.05) is 23.7 Å². The van der Waals surface area contributed by atoms with Crippen molar-refractivity contribution >= 4 is 11.7 Å². The fourth-order valence-corrected chi connectivity index (χ4v) is 2.76. The van der Waals surface area contributed by atoms with Crippen LogP contribution in [-0.2, 0) is 4.79 Å². The molecule has 0 aliphatic heterocycles. The van der Waals surface area contributed by atoms with Crippen LogP contribution in [0.5, 0.6) is 0 Å². The molecule has 0 fully saturated rings. The van der Waals surface area contributed by atoms with Crippen LogP contribution in [0.25, 0.3) is 5.69 Å². The predicted octanol–water partition coefficient (Wildman–Crippen LogP) is 3.89. The summed E-state index contributed by atoms with van der Waals surface area (Å²) in [6.07, 6.45) is 0. The smallest absolute Gasteiger partial charge is 0.239 e. The zero-order valence-electron chi connectivity index (χ0n) is 15.3. The third kappa shape index (κ3) is 4.58. The summed E-state index contributed by atoms with van der Waals surface area (Å²) in [5.41, 5.74) is 1.54. The number of nitrogens with one attached hydrogen (secondary N) is 2. The molecule has 0 radical (unpaired) electrons. The molecule has 0 aliphatic rings. The van der Waals surface area contributed by atoms with Gasteiger partial charge in [0.1, 0.15) is 23.3 Å². The number of benzene rings is 2. The van der Waals surface area contributed by atoms with Crippen molar-refractivity contribution in [2.45, 2.75) is 19.9 Å². The van der Waals surface area contributed by atoms with Gasteiger partial charge in [-0.1, -0.05) is 6.07 Å². The van der Waals surface area contributed by atoms with Gasteiger partial charge in [0.25, 0.3) is 0 Å². The molecule has 1 amide bonds. The summed E-state index contributed by atoms with van der Waals surface area (Å²) in [6, 6.07) is 10.2. The molecule has 1 aromatic heterocycles. The fourth-order valence-electron chi connectivity index (χ4n) is 2.76. The number of amides is 1. The lowest BCUT2D eigenvalue weighted by Gasteiger charge is -2.15. The van der Waals surface area contributed by atoms with E-state index in [9.17, 15) is 18.0 Å². The summed E-state index contributed by atoms with van der Waals surface area (Å²) in [5.74, 6) is -1.64. The number of rotatable bonds is 6. The van der Waals surface area contributed by atoms with Crippen LogP contribution in [0.1, 0.15) is 24.2 Å². The Morgan fingerprint density at radius 1 is 1.07 bits per heavy atom. The first-order chi connectivity index (χ1) is 13.3. The van der Waals surface area contributed by atoms with E-state index in [-0.39, 0.29) is 23.8 Å². The Kier molecular flexibility index (Phi) is 5.79. The zero-order chi connectivity index (χ0) is 20.3. The summed E-state index contributed by atoms with van der Waals surface area (Å²) in [5, 5.41) is 9.93. The molecule has 0 saturated heterocycles. The Morgan fingerprint density at radius 2 is 1.75 bits per heavy atom. The summed E-state index contributed by atoms with van der Waals surface area (Å²) in [6.45, 7) is 3.36. The number of aromatic nitrogens is 2. The van der Waals surface area contributed by atoms with Crippen molar-refractivity contribution < 1.29 is 18.0 Å². The van der Waals surface area contributed by atoms with Gasteiger partial charge in [-0.05, 0) is 44.2 Å². The van der Waals surface area contributed by atoms with E-state index in [2.05, 4.69) is 15.7 Å². The van der Waals surface area contributed by atoms with Crippen LogP contribution in [0.2, 0.25) is 0 Å². The lowest BCUT2D eigenvalue weighted by atomic mass is 10.1. The number of carbonyl (C=O) groups is 1. The quantitative estimate of drug-likeness (QED) is 0.674. The summed E-state index contributed by atoms with van der Waals surface area (Å²) >= 11 is 0. The number of hydrogen-bond acceptors (Lipinski definition) is 3. The van der Waals surface area contributed by atoms with Crippen molar-refractivity contribution in [2.24, 2.45) is 0 Å². The molecule has 146 valence electrons. The number of hydrogen-bond donors (Lipinski definition) is 2. The van der Waals surface area contributed by atoms with Crippen LogP contribution in [0.15, 0.2) is 48.5 Å². The third-order valence-corrected chi connectivity index (χ3v) is 4.17. The van der Waals surface area contributed by atoms with Crippen molar-refractivity contribution in [1.29, 1.82) is 0 Å². The van der Waals surface area contributed by atoms with Gasteiger partial charge in [0.15, 0.2) is 0 Å². The average Bonchev–Trinajstić information content (AvgIpc) is 3.00. The third-order valence-electron chi connectivity index (χ3n) is 4.17. The minimum Gasteiger partial charge on any atom is -0.309 e. The van der Waals surface area contributed by atoms with E-state index in [4.69, 9.17) is 0 Å². The second kappa shape index (κ2) is 8.26. The normalized spacial score (nSPS) is 12.0. The van der Waals surface area contributed by atoms with Crippen LogP contribution in [0, 0.1) is 24.4 Å². The van der Waals surface area contributed by atoms with Gasteiger partial charge in [-0.15, -0.1) is 0 Å². The van der Waals surface area contributed by atoms with E-state index in [0.717, 1.165) is 6.07 Å². The first kappa shape index (κ1) is 19.6. The SMILES string of the molecule is Cc1cc(NC(=O)CNC(C)c2ccc(F)cc2F)n(-c2ccc(F)cc2)n1. The van der Waals surface area contributed by atoms with Gasteiger partial charge in [-0.2, -0.15) is 5.10 Å². The Balaban J connectivity index is 1.66. The highest BCUT2D eigenvalue weighted by atomic mass is 19.1. The first-order valence-corrected chi connectivity index (χ1v) is 8.64. The van der Waals surface area contributed by atoms with E-state index in [1.165, 1.54) is 28.9 Å². The predicted molar refractivity (Wildman–Crippen MR) is 99.7 cm³/mol. The molecule has 1 unspecified atom stereocenters. The number of halogens is 3.